The highest BCUT2D eigenvalue weighted by atomic mass is 16.5. The standard InChI is InChI=1S/C23H21NO6/c1-30-23-11-16(5-9-21(23)27)3-2-15-4-8-20(26)18(10-15)14-24(29)13-17-6-7-19(25)12-22(17)28/h2-12,14,25-28H,13H2,1H3/b3-2+,24-14+. The molecule has 3 aromatic carbocycles. The summed E-state index contributed by atoms with van der Waals surface area (Å²) < 4.78 is 5.67. The van der Waals surface area contributed by atoms with Gasteiger partial charge in [0.05, 0.1) is 18.2 Å². The molecule has 0 aromatic heterocycles. The maximum atomic E-state index is 12.3. The molecular weight excluding hydrogens is 386 g/mol. The van der Waals surface area contributed by atoms with Gasteiger partial charge in [-0.25, -0.2) is 4.74 Å². The molecule has 0 aliphatic heterocycles. The fraction of sp³-hybridized carbons (Fsp3) is 0.0870. The van der Waals surface area contributed by atoms with Crippen LogP contribution < -0.4 is 4.74 Å². The van der Waals surface area contributed by atoms with Gasteiger partial charge in [0, 0.05) is 6.07 Å². The summed E-state index contributed by atoms with van der Waals surface area (Å²) in [5.74, 6) is 0.0625. The Morgan fingerprint density at radius 2 is 1.50 bits per heavy atom. The smallest absolute Gasteiger partial charge is 0.185 e. The Hall–Kier alpha value is -4.13. The third-order valence-electron chi connectivity index (χ3n) is 4.40. The van der Waals surface area contributed by atoms with E-state index in [1.54, 1.807) is 30.3 Å². The van der Waals surface area contributed by atoms with Crippen molar-refractivity contribution in [2.24, 2.45) is 0 Å². The Balaban J connectivity index is 1.81. The fourth-order valence-electron chi connectivity index (χ4n) is 2.83. The van der Waals surface area contributed by atoms with Crippen LogP contribution in [-0.2, 0) is 6.54 Å². The number of phenols is 4. The molecule has 3 rings (SSSR count). The lowest BCUT2D eigenvalue weighted by Gasteiger charge is -2.07. The van der Waals surface area contributed by atoms with E-state index < -0.39 is 0 Å². The lowest BCUT2D eigenvalue weighted by atomic mass is 10.1. The Kier molecular flexibility index (Phi) is 6.12. The van der Waals surface area contributed by atoms with E-state index in [0.717, 1.165) is 17.2 Å². The zero-order valence-corrected chi connectivity index (χ0v) is 16.2. The van der Waals surface area contributed by atoms with Crippen LogP contribution in [0.2, 0.25) is 0 Å². The van der Waals surface area contributed by atoms with Crippen molar-refractivity contribution in [3.8, 4) is 28.7 Å². The molecule has 0 atom stereocenters. The van der Waals surface area contributed by atoms with Crippen LogP contribution in [0.3, 0.4) is 0 Å². The van der Waals surface area contributed by atoms with Gasteiger partial charge in [-0.3, -0.25) is 0 Å². The molecule has 0 unspecified atom stereocenters. The summed E-state index contributed by atoms with van der Waals surface area (Å²) in [4.78, 5) is 0. The highest BCUT2D eigenvalue weighted by molar-refractivity contribution is 5.82. The number of nitrogens with zero attached hydrogens (tertiary/aromatic N) is 1. The quantitative estimate of drug-likeness (QED) is 0.162. The lowest BCUT2D eigenvalue weighted by Crippen LogP contribution is -2.06. The molecule has 0 saturated heterocycles. The minimum atomic E-state index is -0.186. The van der Waals surface area contributed by atoms with Crippen LogP contribution in [0.4, 0.5) is 0 Å². The predicted molar refractivity (Wildman–Crippen MR) is 114 cm³/mol. The minimum Gasteiger partial charge on any atom is -0.624 e. The van der Waals surface area contributed by atoms with Crippen LogP contribution in [0, 0.1) is 5.21 Å². The van der Waals surface area contributed by atoms with E-state index in [1.165, 1.54) is 37.6 Å². The minimum absolute atomic E-state index is 0.0476. The van der Waals surface area contributed by atoms with Crippen molar-refractivity contribution in [1.82, 2.24) is 0 Å². The summed E-state index contributed by atoms with van der Waals surface area (Å²) in [6.45, 7) is -0.154. The molecule has 0 fully saturated rings. The fourth-order valence-corrected chi connectivity index (χ4v) is 2.83. The molecule has 30 heavy (non-hydrogen) atoms. The van der Waals surface area contributed by atoms with Gasteiger partial charge >= 0.3 is 0 Å². The first kappa shape index (κ1) is 20.6. The van der Waals surface area contributed by atoms with Gasteiger partial charge in [-0.2, -0.15) is 0 Å². The van der Waals surface area contributed by atoms with Crippen LogP contribution in [0.5, 0.6) is 28.7 Å². The first-order valence-corrected chi connectivity index (χ1v) is 9.03. The Morgan fingerprint density at radius 3 is 2.17 bits per heavy atom. The van der Waals surface area contributed by atoms with Gasteiger partial charge < -0.3 is 30.4 Å². The molecule has 0 bridgehead atoms. The maximum absolute atomic E-state index is 12.3. The summed E-state index contributed by atoms with van der Waals surface area (Å²) in [5, 5.41) is 51.2. The third kappa shape index (κ3) is 5.02. The Bertz CT molecular complexity index is 1120. The highest BCUT2D eigenvalue weighted by Crippen LogP contribution is 2.27. The topological polar surface area (TPSA) is 116 Å². The normalized spacial score (nSPS) is 11.7. The molecule has 7 heteroatoms. The van der Waals surface area contributed by atoms with E-state index in [1.807, 2.05) is 6.08 Å². The maximum Gasteiger partial charge on any atom is 0.185 e. The summed E-state index contributed by atoms with van der Waals surface area (Å²) >= 11 is 0. The monoisotopic (exact) mass is 407 g/mol. The molecule has 0 aliphatic carbocycles. The largest absolute Gasteiger partial charge is 0.624 e. The van der Waals surface area contributed by atoms with E-state index in [-0.39, 0.29) is 29.5 Å². The van der Waals surface area contributed by atoms with E-state index in [0.29, 0.717) is 21.6 Å². The molecule has 4 N–H and O–H groups in total. The number of ether oxygens (including phenoxy) is 1. The van der Waals surface area contributed by atoms with Gasteiger partial charge in [0.2, 0.25) is 0 Å². The van der Waals surface area contributed by atoms with Crippen molar-refractivity contribution in [3.63, 3.8) is 0 Å². The van der Waals surface area contributed by atoms with Gasteiger partial charge in [0.1, 0.15) is 17.2 Å². The first-order chi connectivity index (χ1) is 14.4. The average molecular weight is 407 g/mol. The van der Waals surface area contributed by atoms with E-state index in [2.05, 4.69) is 0 Å². The van der Waals surface area contributed by atoms with E-state index in [4.69, 9.17) is 4.74 Å². The highest BCUT2D eigenvalue weighted by Gasteiger charge is 2.09. The van der Waals surface area contributed by atoms with Crippen molar-refractivity contribution in [2.75, 3.05) is 7.11 Å². The number of phenolic OH excluding ortho intramolecular Hbond substituents is 4. The second-order valence-electron chi connectivity index (χ2n) is 6.60. The van der Waals surface area contributed by atoms with Gasteiger partial charge in [0.25, 0.3) is 0 Å². The Morgan fingerprint density at radius 1 is 0.833 bits per heavy atom. The summed E-state index contributed by atoms with van der Waals surface area (Å²) in [5.41, 5.74) is 2.20. The van der Waals surface area contributed by atoms with Crippen LogP contribution >= 0.6 is 0 Å². The molecule has 0 saturated carbocycles. The zero-order chi connectivity index (χ0) is 21.7. The predicted octanol–water partition coefficient (Wildman–Crippen LogP) is 3.82. The summed E-state index contributed by atoms with van der Waals surface area (Å²) in [6, 6.07) is 13.8. The number of hydrogen-bond donors (Lipinski definition) is 4. The van der Waals surface area contributed by atoms with Crippen LogP contribution in [0.15, 0.2) is 54.6 Å². The van der Waals surface area contributed by atoms with Crippen molar-refractivity contribution >= 4 is 18.4 Å². The van der Waals surface area contributed by atoms with Crippen LogP contribution in [0.1, 0.15) is 22.3 Å². The van der Waals surface area contributed by atoms with Gasteiger partial charge in [-0.1, -0.05) is 24.3 Å². The molecule has 0 aliphatic rings. The summed E-state index contributed by atoms with van der Waals surface area (Å²) in [6.07, 6.45) is 4.83. The van der Waals surface area contributed by atoms with Crippen molar-refractivity contribution in [1.29, 1.82) is 0 Å². The molecule has 0 heterocycles. The number of methoxy groups -OCH3 is 1. The number of hydrogen-bond acceptors (Lipinski definition) is 6. The van der Waals surface area contributed by atoms with Gasteiger partial charge in [-0.15, -0.1) is 0 Å². The first-order valence-electron chi connectivity index (χ1n) is 9.03. The molecule has 0 radical (unpaired) electrons. The van der Waals surface area contributed by atoms with E-state index in [9.17, 15) is 25.6 Å². The van der Waals surface area contributed by atoms with Crippen molar-refractivity contribution in [2.45, 2.75) is 6.54 Å². The van der Waals surface area contributed by atoms with Crippen molar-refractivity contribution < 1.29 is 29.9 Å². The van der Waals surface area contributed by atoms with Crippen molar-refractivity contribution in [3.05, 3.63) is 82.1 Å². The molecular formula is C23H21NO6. The van der Waals surface area contributed by atoms with E-state index >= 15 is 0 Å². The van der Waals surface area contributed by atoms with Gasteiger partial charge in [-0.05, 0) is 47.5 Å². The molecule has 3 aromatic rings. The molecule has 0 amide bonds. The number of aromatic hydroxyl groups is 4. The molecule has 154 valence electrons. The summed E-state index contributed by atoms with van der Waals surface area (Å²) in [7, 11) is 1.47. The number of hydroxylamine groups is 1. The van der Waals surface area contributed by atoms with Crippen LogP contribution in [-0.4, -0.2) is 38.5 Å². The second-order valence-corrected chi connectivity index (χ2v) is 6.60. The lowest BCUT2D eigenvalue weighted by molar-refractivity contribution is -0.469. The van der Waals surface area contributed by atoms with Crippen LogP contribution in [0.25, 0.3) is 12.2 Å². The third-order valence-corrected chi connectivity index (χ3v) is 4.40. The zero-order valence-electron chi connectivity index (χ0n) is 16.2. The number of rotatable bonds is 6. The molecule has 0 spiro atoms. The van der Waals surface area contributed by atoms with Gasteiger partial charge in [0.15, 0.2) is 24.3 Å². The Labute approximate surface area is 173 Å². The second kappa shape index (κ2) is 8.91. The SMILES string of the molecule is COc1cc(/C=C/c2ccc(O)c(/C=[N+](/[O-])Cc3ccc(O)cc3O)c2)ccc1O. The molecule has 7 nitrogen and oxygen atoms in total. The average Bonchev–Trinajstić information content (AvgIpc) is 2.71. The number of benzene rings is 3.